The number of sulfonamides is 1. The van der Waals surface area contributed by atoms with E-state index in [2.05, 4.69) is 20.7 Å². The zero-order chi connectivity index (χ0) is 11.6. The molecule has 1 atom stereocenters. The van der Waals surface area contributed by atoms with E-state index in [1.165, 1.54) is 0 Å². The number of rotatable bonds is 4. The number of nitrogens with one attached hydrogen (secondary N) is 1. The van der Waals surface area contributed by atoms with Gasteiger partial charge in [0.2, 0.25) is 10.0 Å². The van der Waals surface area contributed by atoms with Crippen molar-refractivity contribution in [2.45, 2.75) is 24.1 Å². The molecule has 4 nitrogen and oxygen atoms in total. The van der Waals surface area contributed by atoms with Gasteiger partial charge in [-0.2, -0.15) is 0 Å². The van der Waals surface area contributed by atoms with Crippen molar-refractivity contribution < 1.29 is 13.5 Å². The summed E-state index contributed by atoms with van der Waals surface area (Å²) in [7, 11) is -3.49. The first-order valence-electron chi connectivity index (χ1n) is 4.26. The lowest BCUT2D eigenvalue weighted by Gasteiger charge is -2.09. The van der Waals surface area contributed by atoms with Crippen molar-refractivity contribution in [3.8, 4) is 0 Å². The van der Waals surface area contributed by atoms with Gasteiger partial charge in [-0.1, -0.05) is 0 Å². The first-order valence-corrected chi connectivity index (χ1v) is 7.35. The Morgan fingerprint density at radius 2 is 2.27 bits per heavy atom. The van der Waals surface area contributed by atoms with E-state index >= 15 is 0 Å². The summed E-state index contributed by atoms with van der Waals surface area (Å²) in [5.41, 5.74) is 0.886. The normalized spacial score (nSPS) is 14.1. The molecule has 1 heterocycles. The van der Waals surface area contributed by atoms with E-state index in [0.717, 1.165) is 20.7 Å². The molecule has 0 amide bonds. The highest BCUT2D eigenvalue weighted by Gasteiger charge is 2.20. The highest BCUT2D eigenvalue weighted by atomic mass is 79.9. The smallest absolute Gasteiger partial charge is 0.250 e. The Labute approximate surface area is 102 Å². The van der Waals surface area contributed by atoms with Gasteiger partial charge in [-0.05, 0) is 41.4 Å². The zero-order valence-corrected chi connectivity index (χ0v) is 11.5. The summed E-state index contributed by atoms with van der Waals surface area (Å²) in [6.45, 7) is 3.22. The second-order valence-corrected chi connectivity index (χ2v) is 7.54. The van der Waals surface area contributed by atoms with Crippen LogP contribution in [-0.2, 0) is 10.0 Å². The predicted molar refractivity (Wildman–Crippen MR) is 63.6 cm³/mol. The maximum absolute atomic E-state index is 11.7. The summed E-state index contributed by atoms with van der Waals surface area (Å²) in [4.78, 5) is 0. The molecular formula is C8H12BrNO3S2. The number of aliphatic hydroxyl groups is 1. The van der Waals surface area contributed by atoms with Gasteiger partial charge in [0.25, 0.3) is 0 Å². The lowest BCUT2D eigenvalue weighted by molar-refractivity contribution is 0.265. The Hall–Kier alpha value is 0.0500. The molecule has 2 N–H and O–H groups in total. The summed E-state index contributed by atoms with van der Waals surface area (Å²) >= 11 is 4.43. The molecule has 0 aromatic carbocycles. The van der Waals surface area contributed by atoms with Gasteiger partial charge < -0.3 is 5.11 Å². The van der Waals surface area contributed by atoms with Crippen LogP contribution in [0.2, 0.25) is 0 Å². The molecule has 0 spiro atoms. The molecule has 0 radical (unpaired) electrons. The average Bonchev–Trinajstić information content (AvgIpc) is 2.47. The van der Waals surface area contributed by atoms with Crippen LogP contribution >= 0.6 is 27.3 Å². The molecule has 1 rings (SSSR count). The third-order valence-corrected chi connectivity index (χ3v) is 5.93. The number of thiophene rings is 1. The lowest BCUT2D eigenvalue weighted by Crippen LogP contribution is -2.34. The highest BCUT2D eigenvalue weighted by Crippen LogP contribution is 2.30. The zero-order valence-electron chi connectivity index (χ0n) is 8.32. The second kappa shape index (κ2) is 4.92. The van der Waals surface area contributed by atoms with Gasteiger partial charge in [-0.3, -0.25) is 0 Å². The van der Waals surface area contributed by atoms with Crippen LogP contribution in [0.5, 0.6) is 0 Å². The minimum atomic E-state index is -3.49. The molecule has 0 saturated heterocycles. The van der Waals surface area contributed by atoms with E-state index in [0.29, 0.717) is 0 Å². The van der Waals surface area contributed by atoms with Crippen molar-refractivity contribution in [1.82, 2.24) is 4.72 Å². The Morgan fingerprint density at radius 3 is 2.67 bits per heavy atom. The third kappa shape index (κ3) is 3.25. The van der Waals surface area contributed by atoms with E-state index in [-0.39, 0.29) is 10.8 Å². The minimum absolute atomic E-state index is 0.218. The van der Waals surface area contributed by atoms with E-state index in [1.807, 2.05) is 6.92 Å². The monoisotopic (exact) mass is 313 g/mol. The predicted octanol–water partition coefficient (Wildman–Crippen LogP) is 1.48. The van der Waals surface area contributed by atoms with Crippen molar-refractivity contribution in [2.75, 3.05) is 6.61 Å². The summed E-state index contributed by atoms with van der Waals surface area (Å²) in [5, 5.41) is 8.77. The van der Waals surface area contributed by atoms with Gasteiger partial charge in [0.15, 0.2) is 0 Å². The van der Waals surface area contributed by atoms with Crippen LogP contribution in [0.3, 0.4) is 0 Å². The van der Waals surface area contributed by atoms with Gasteiger partial charge in [-0.15, -0.1) is 11.3 Å². The Kier molecular flexibility index (Phi) is 4.30. The average molecular weight is 314 g/mol. The standard InChI is InChI=1S/C8H12BrNO3S2/c1-5-3-7(14-8(5)9)15(12,13)10-6(2)4-11/h3,6,10-11H,4H2,1-2H3. The van der Waals surface area contributed by atoms with Gasteiger partial charge in [-0.25, -0.2) is 13.1 Å². The number of halogens is 1. The largest absolute Gasteiger partial charge is 0.395 e. The number of aryl methyl sites for hydroxylation is 1. The molecule has 1 aromatic rings. The van der Waals surface area contributed by atoms with Crippen molar-refractivity contribution in [3.63, 3.8) is 0 Å². The van der Waals surface area contributed by atoms with Crippen LogP contribution in [0, 0.1) is 6.92 Å². The van der Waals surface area contributed by atoms with E-state index in [4.69, 9.17) is 5.11 Å². The highest BCUT2D eigenvalue weighted by molar-refractivity contribution is 9.11. The Bertz CT molecular complexity index is 421. The van der Waals surface area contributed by atoms with Crippen LogP contribution in [-0.4, -0.2) is 26.2 Å². The number of hydrogen-bond acceptors (Lipinski definition) is 4. The van der Waals surface area contributed by atoms with Crippen LogP contribution in [0.25, 0.3) is 0 Å². The van der Waals surface area contributed by atoms with Gasteiger partial charge >= 0.3 is 0 Å². The fraction of sp³-hybridized carbons (Fsp3) is 0.500. The molecule has 0 bridgehead atoms. The Balaban J connectivity index is 2.96. The maximum Gasteiger partial charge on any atom is 0.250 e. The summed E-state index contributed by atoms with van der Waals surface area (Å²) in [6, 6.07) is 1.12. The van der Waals surface area contributed by atoms with E-state index < -0.39 is 16.1 Å². The second-order valence-electron chi connectivity index (χ2n) is 3.23. The summed E-state index contributed by atoms with van der Waals surface area (Å²) in [6.07, 6.45) is 0. The molecule has 0 aliphatic rings. The molecule has 0 saturated carbocycles. The summed E-state index contributed by atoms with van der Waals surface area (Å²) in [5.74, 6) is 0. The topological polar surface area (TPSA) is 66.4 Å². The fourth-order valence-corrected chi connectivity index (χ4v) is 4.40. The third-order valence-electron chi connectivity index (χ3n) is 1.73. The van der Waals surface area contributed by atoms with Crippen molar-refractivity contribution in [2.24, 2.45) is 0 Å². The van der Waals surface area contributed by atoms with E-state index in [9.17, 15) is 8.42 Å². The molecular weight excluding hydrogens is 302 g/mol. The van der Waals surface area contributed by atoms with Crippen molar-refractivity contribution >= 4 is 37.3 Å². The molecule has 0 aliphatic carbocycles. The van der Waals surface area contributed by atoms with Gasteiger partial charge in [0, 0.05) is 6.04 Å². The first kappa shape index (κ1) is 13.1. The number of hydrogen-bond donors (Lipinski definition) is 2. The van der Waals surface area contributed by atoms with Crippen LogP contribution in [0.4, 0.5) is 0 Å². The molecule has 15 heavy (non-hydrogen) atoms. The Morgan fingerprint density at radius 1 is 1.67 bits per heavy atom. The quantitative estimate of drug-likeness (QED) is 0.884. The minimum Gasteiger partial charge on any atom is -0.395 e. The molecule has 0 fully saturated rings. The van der Waals surface area contributed by atoms with Crippen LogP contribution in [0.1, 0.15) is 12.5 Å². The first-order chi connectivity index (χ1) is 6.86. The molecule has 1 unspecified atom stereocenters. The fourth-order valence-electron chi connectivity index (χ4n) is 0.924. The lowest BCUT2D eigenvalue weighted by atomic mass is 10.4. The SMILES string of the molecule is Cc1cc(S(=O)(=O)NC(C)CO)sc1Br. The molecule has 86 valence electrons. The summed E-state index contributed by atoms with van der Waals surface area (Å²) < 4.78 is 26.9. The molecule has 0 aliphatic heterocycles. The molecule has 1 aromatic heterocycles. The number of aliphatic hydroxyl groups excluding tert-OH is 1. The van der Waals surface area contributed by atoms with Gasteiger partial charge in [0.05, 0.1) is 10.4 Å². The van der Waals surface area contributed by atoms with E-state index in [1.54, 1.807) is 13.0 Å². The maximum atomic E-state index is 11.7. The van der Waals surface area contributed by atoms with Gasteiger partial charge in [0.1, 0.15) is 4.21 Å². The molecule has 7 heteroatoms. The van der Waals surface area contributed by atoms with Crippen LogP contribution in [0.15, 0.2) is 14.1 Å². The van der Waals surface area contributed by atoms with Crippen molar-refractivity contribution in [3.05, 3.63) is 15.4 Å². The van der Waals surface area contributed by atoms with Crippen LogP contribution < -0.4 is 4.72 Å². The van der Waals surface area contributed by atoms with Crippen molar-refractivity contribution in [1.29, 1.82) is 0 Å².